The van der Waals surface area contributed by atoms with Crippen LogP contribution in [-0.2, 0) is 9.53 Å². The molecule has 110 valence electrons. The van der Waals surface area contributed by atoms with Crippen LogP contribution in [0.15, 0.2) is 48.6 Å². The normalized spacial score (nSPS) is 10.2. The van der Waals surface area contributed by atoms with Gasteiger partial charge in [-0.1, -0.05) is 18.7 Å². The van der Waals surface area contributed by atoms with Gasteiger partial charge >= 0.3 is 5.97 Å². The number of rotatable bonds is 6. The maximum atomic E-state index is 11.2. The second-order valence-electron chi connectivity index (χ2n) is 4.61. The second-order valence-corrected chi connectivity index (χ2v) is 4.61. The molecule has 0 fully saturated rings. The van der Waals surface area contributed by atoms with Crippen molar-refractivity contribution < 1.29 is 19.0 Å². The first-order valence-electron chi connectivity index (χ1n) is 6.64. The zero-order chi connectivity index (χ0) is 15.2. The first-order chi connectivity index (χ1) is 10.1. The summed E-state index contributed by atoms with van der Waals surface area (Å²) in [6, 6.07) is 11.6. The molecule has 0 amide bonds. The third kappa shape index (κ3) is 3.75. The average Bonchev–Trinajstić information content (AvgIpc) is 2.50. The second kappa shape index (κ2) is 6.79. The van der Waals surface area contributed by atoms with Crippen LogP contribution in [0.1, 0.15) is 6.92 Å². The number of fused-ring (bicyclic) bond motifs is 1. The van der Waals surface area contributed by atoms with E-state index in [1.807, 2.05) is 36.4 Å². The molecule has 0 aliphatic heterocycles. The minimum atomic E-state index is -0.401. The van der Waals surface area contributed by atoms with Crippen LogP contribution in [0.4, 0.5) is 0 Å². The Balaban J connectivity index is 1.97. The van der Waals surface area contributed by atoms with E-state index in [-0.39, 0.29) is 6.61 Å². The van der Waals surface area contributed by atoms with Crippen LogP contribution in [-0.4, -0.2) is 26.3 Å². The molecular formula is C17H18O4. The van der Waals surface area contributed by atoms with E-state index in [0.717, 1.165) is 22.3 Å². The number of esters is 1. The van der Waals surface area contributed by atoms with Crippen LogP contribution in [0, 0.1) is 0 Å². The van der Waals surface area contributed by atoms with Crippen molar-refractivity contribution in [3.63, 3.8) is 0 Å². The van der Waals surface area contributed by atoms with Crippen LogP contribution in [0.25, 0.3) is 10.8 Å². The Morgan fingerprint density at radius 2 is 2.00 bits per heavy atom. The van der Waals surface area contributed by atoms with E-state index < -0.39 is 5.97 Å². The summed E-state index contributed by atoms with van der Waals surface area (Å²) in [4.78, 5) is 11.2. The molecule has 0 radical (unpaired) electrons. The topological polar surface area (TPSA) is 44.8 Å². The molecule has 4 nitrogen and oxygen atoms in total. The maximum Gasteiger partial charge on any atom is 0.333 e. The minimum absolute atomic E-state index is 0.196. The van der Waals surface area contributed by atoms with Crippen LogP contribution >= 0.6 is 0 Å². The number of benzene rings is 2. The van der Waals surface area contributed by atoms with Crippen molar-refractivity contribution in [1.29, 1.82) is 0 Å². The number of carbonyl (C=O) groups is 1. The fraction of sp³-hybridized carbons (Fsp3) is 0.235. The smallest absolute Gasteiger partial charge is 0.333 e. The van der Waals surface area contributed by atoms with E-state index >= 15 is 0 Å². The molecule has 0 aromatic heterocycles. The molecule has 0 saturated carbocycles. The summed E-state index contributed by atoms with van der Waals surface area (Å²) in [6.45, 7) is 5.62. The highest BCUT2D eigenvalue weighted by Crippen LogP contribution is 2.28. The van der Waals surface area contributed by atoms with Gasteiger partial charge in [-0.25, -0.2) is 4.79 Å². The van der Waals surface area contributed by atoms with Gasteiger partial charge < -0.3 is 14.2 Å². The number of hydrogen-bond donors (Lipinski definition) is 0. The van der Waals surface area contributed by atoms with Gasteiger partial charge in [0.15, 0.2) is 0 Å². The summed E-state index contributed by atoms with van der Waals surface area (Å²) in [6.07, 6.45) is 0. The average molecular weight is 286 g/mol. The Kier molecular flexibility index (Phi) is 4.82. The molecule has 0 bridgehead atoms. The van der Waals surface area contributed by atoms with E-state index in [1.54, 1.807) is 14.0 Å². The van der Waals surface area contributed by atoms with Gasteiger partial charge in [0.2, 0.25) is 0 Å². The van der Waals surface area contributed by atoms with E-state index in [9.17, 15) is 4.79 Å². The minimum Gasteiger partial charge on any atom is -0.496 e. The van der Waals surface area contributed by atoms with E-state index in [4.69, 9.17) is 14.2 Å². The monoisotopic (exact) mass is 286 g/mol. The molecule has 4 heteroatoms. The zero-order valence-electron chi connectivity index (χ0n) is 12.2. The van der Waals surface area contributed by atoms with Crippen molar-refractivity contribution in [2.75, 3.05) is 20.3 Å². The van der Waals surface area contributed by atoms with Gasteiger partial charge in [-0.05, 0) is 36.6 Å². The van der Waals surface area contributed by atoms with Crippen LogP contribution < -0.4 is 9.47 Å². The largest absolute Gasteiger partial charge is 0.496 e. The summed E-state index contributed by atoms with van der Waals surface area (Å²) in [7, 11) is 1.65. The predicted octanol–water partition coefficient (Wildman–Crippen LogP) is 3.35. The number of ether oxygens (including phenoxy) is 3. The molecule has 0 saturated heterocycles. The Morgan fingerprint density at radius 1 is 1.19 bits per heavy atom. The summed E-state index contributed by atoms with van der Waals surface area (Å²) in [5.74, 6) is 1.15. The van der Waals surface area contributed by atoms with Gasteiger partial charge in [-0.3, -0.25) is 0 Å². The Hall–Kier alpha value is -2.49. The summed E-state index contributed by atoms with van der Waals surface area (Å²) in [5, 5.41) is 2.06. The molecule has 0 atom stereocenters. The lowest BCUT2D eigenvalue weighted by Crippen LogP contribution is -2.12. The first kappa shape index (κ1) is 14.9. The lowest BCUT2D eigenvalue weighted by Gasteiger charge is -2.09. The zero-order valence-corrected chi connectivity index (χ0v) is 12.2. The number of hydrogen-bond acceptors (Lipinski definition) is 4. The number of carbonyl (C=O) groups excluding carboxylic acids is 1. The van der Waals surface area contributed by atoms with Gasteiger partial charge in [0.25, 0.3) is 0 Å². The van der Waals surface area contributed by atoms with Gasteiger partial charge in [-0.2, -0.15) is 0 Å². The highest BCUT2D eigenvalue weighted by Gasteiger charge is 2.04. The lowest BCUT2D eigenvalue weighted by molar-refractivity contribution is -0.139. The van der Waals surface area contributed by atoms with E-state index in [0.29, 0.717) is 12.2 Å². The summed E-state index contributed by atoms with van der Waals surface area (Å²) >= 11 is 0. The van der Waals surface area contributed by atoms with Gasteiger partial charge in [0.05, 0.1) is 7.11 Å². The molecule has 0 spiro atoms. The highest BCUT2D eigenvalue weighted by molar-refractivity contribution is 5.89. The molecule has 2 aromatic rings. The molecule has 0 N–H and O–H groups in total. The van der Waals surface area contributed by atoms with E-state index in [1.165, 1.54) is 0 Å². The first-order valence-corrected chi connectivity index (χ1v) is 6.64. The van der Waals surface area contributed by atoms with Crippen molar-refractivity contribution in [3.05, 3.63) is 48.6 Å². The fourth-order valence-corrected chi connectivity index (χ4v) is 1.92. The fourth-order valence-electron chi connectivity index (χ4n) is 1.92. The molecular weight excluding hydrogens is 268 g/mol. The SMILES string of the molecule is C=C(C)C(=O)OCCOc1ccc2c(OC)cccc2c1. The molecule has 0 aliphatic carbocycles. The van der Waals surface area contributed by atoms with Crippen LogP contribution in [0.2, 0.25) is 0 Å². The van der Waals surface area contributed by atoms with Crippen molar-refractivity contribution in [2.24, 2.45) is 0 Å². The third-order valence-corrected chi connectivity index (χ3v) is 2.97. The van der Waals surface area contributed by atoms with Gasteiger partial charge in [0.1, 0.15) is 24.7 Å². The van der Waals surface area contributed by atoms with Crippen LogP contribution in [0.5, 0.6) is 11.5 Å². The highest BCUT2D eigenvalue weighted by atomic mass is 16.6. The molecule has 0 unspecified atom stereocenters. The molecule has 2 aromatic carbocycles. The maximum absolute atomic E-state index is 11.2. The molecule has 2 rings (SSSR count). The van der Waals surface area contributed by atoms with Crippen molar-refractivity contribution in [2.45, 2.75) is 6.92 Å². The quantitative estimate of drug-likeness (QED) is 0.464. The summed E-state index contributed by atoms with van der Waals surface area (Å²) < 4.78 is 15.8. The Morgan fingerprint density at radius 3 is 2.71 bits per heavy atom. The molecule has 21 heavy (non-hydrogen) atoms. The van der Waals surface area contributed by atoms with Crippen molar-refractivity contribution in [3.8, 4) is 11.5 Å². The standard InChI is InChI=1S/C17H18O4/c1-12(2)17(18)21-10-9-20-14-7-8-15-13(11-14)5-4-6-16(15)19-3/h4-8,11H,1,9-10H2,2-3H3. The van der Waals surface area contributed by atoms with Crippen LogP contribution in [0.3, 0.4) is 0 Å². The van der Waals surface area contributed by atoms with Crippen molar-refractivity contribution >= 4 is 16.7 Å². The Labute approximate surface area is 123 Å². The van der Waals surface area contributed by atoms with Gasteiger partial charge in [0, 0.05) is 11.0 Å². The Bertz CT molecular complexity index is 661. The molecule has 0 heterocycles. The summed E-state index contributed by atoms with van der Waals surface area (Å²) in [5.41, 5.74) is 0.382. The van der Waals surface area contributed by atoms with E-state index in [2.05, 4.69) is 6.58 Å². The van der Waals surface area contributed by atoms with Crippen molar-refractivity contribution in [1.82, 2.24) is 0 Å². The lowest BCUT2D eigenvalue weighted by atomic mass is 10.1. The third-order valence-electron chi connectivity index (χ3n) is 2.97. The molecule has 0 aliphatic rings. The van der Waals surface area contributed by atoms with Gasteiger partial charge in [-0.15, -0.1) is 0 Å². The number of methoxy groups -OCH3 is 1. The predicted molar refractivity (Wildman–Crippen MR) is 81.8 cm³/mol.